The van der Waals surface area contributed by atoms with Gasteiger partial charge in [0.05, 0.1) is 26.4 Å². The number of carbonyl (C=O) groups is 2. The second-order valence-electron chi connectivity index (χ2n) is 17.5. The van der Waals surface area contributed by atoms with Gasteiger partial charge in [-0.2, -0.15) is 5.06 Å². The number of aromatic nitrogens is 1. The monoisotopic (exact) mass is 788 g/mol. The second kappa shape index (κ2) is 17.4. The highest BCUT2D eigenvalue weighted by Gasteiger charge is 2.57. The van der Waals surface area contributed by atoms with Crippen LogP contribution < -0.4 is 20.3 Å². The van der Waals surface area contributed by atoms with Crippen LogP contribution in [0.2, 0.25) is 0 Å². The number of carbonyl (C=O) groups excluding carboxylic acids is 2. The number of hydrogen-bond acceptors (Lipinski definition) is 10. The lowest BCUT2D eigenvalue weighted by Crippen LogP contribution is -2.62. The number of benzene rings is 2. The highest BCUT2D eigenvalue weighted by Crippen LogP contribution is 2.61. The van der Waals surface area contributed by atoms with Crippen molar-refractivity contribution >= 4 is 17.5 Å². The third-order valence-corrected chi connectivity index (χ3v) is 12.9. The van der Waals surface area contributed by atoms with Crippen molar-refractivity contribution < 1.29 is 33.8 Å². The normalized spacial score (nSPS) is 26.4. The standard InChI is InChI=1S/C44H61FN6O6/c1-25-35-19-29(44(35,3)4)20-37(25)48-43(55)40-39(26(2)53)38(24-52)57-51(40)23-34-36(45)14-13-33(41(34)56-9)27-16-28(18-32(17-27)50(7)8)42(54)47-31(22-49(5)6)21-30-12-10-11-15-46-30/h10-18,25-26,29,31,35,37-40,52-53H,19-24H2,1-9H3,(H,47,54)(H,48,55)/t25-,26-,29+,31?,35-,37-,38-,39+,40-/m0/s1. The molecule has 4 aliphatic rings. The predicted octanol–water partition coefficient (Wildman–Crippen LogP) is 4.53. The molecule has 310 valence electrons. The van der Waals surface area contributed by atoms with Crippen LogP contribution in [0.3, 0.4) is 0 Å². The number of aliphatic hydroxyl groups is 2. The first-order valence-corrected chi connectivity index (χ1v) is 20.1. The molecule has 12 nitrogen and oxygen atoms in total. The number of amides is 2. The van der Waals surface area contributed by atoms with Gasteiger partial charge in [-0.15, -0.1) is 0 Å². The van der Waals surface area contributed by atoms with E-state index < -0.39 is 36.6 Å². The number of halogens is 1. The van der Waals surface area contributed by atoms with Crippen molar-refractivity contribution in [1.29, 1.82) is 0 Å². The molecular formula is C44H61FN6O6. The van der Waals surface area contributed by atoms with Crippen LogP contribution in [0.1, 0.15) is 62.2 Å². The Balaban J connectivity index is 1.31. The molecule has 3 saturated carbocycles. The van der Waals surface area contributed by atoms with E-state index in [2.05, 4.69) is 36.4 Å². The summed E-state index contributed by atoms with van der Waals surface area (Å²) < 4.78 is 22.0. The van der Waals surface area contributed by atoms with Crippen LogP contribution in [0.25, 0.3) is 11.1 Å². The number of aliphatic hydroxyl groups excluding tert-OH is 2. The van der Waals surface area contributed by atoms with Crippen LogP contribution in [-0.4, -0.2) is 116 Å². The van der Waals surface area contributed by atoms with E-state index in [1.165, 1.54) is 18.2 Å². The number of ether oxygens (including phenoxy) is 1. The summed E-state index contributed by atoms with van der Waals surface area (Å²) in [5.41, 5.74) is 3.56. The maximum absolute atomic E-state index is 16.1. The minimum Gasteiger partial charge on any atom is -0.496 e. The average Bonchev–Trinajstić information content (AvgIpc) is 3.54. The molecule has 1 aromatic heterocycles. The summed E-state index contributed by atoms with van der Waals surface area (Å²) in [4.78, 5) is 42.8. The van der Waals surface area contributed by atoms with Gasteiger partial charge in [-0.1, -0.05) is 26.8 Å². The van der Waals surface area contributed by atoms with Crippen molar-refractivity contribution in [3.05, 3.63) is 77.4 Å². The van der Waals surface area contributed by atoms with E-state index in [0.29, 0.717) is 41.5 Å². The lowest BCUT2D eigenvalue weighted by Gasteiger charge is -2.62. The van der Waals surface area contributed by atoms with E-state index in [9.17, 15) is 19.8 Å². The van der Waals surface area contributed by atoms with Crippen LogP contribution in [0.4, 0.5) is 10.1 Å². The number of hydrogen-bond donors (Lipinski definition) is 4. The Hall–Kier alpha value is -4.14. The lowest BCUT2D eigenvalue weighted by atomic mass is 9.45. The summed E-state index contributed by atoms with van der Waals surface area (Å²) in [5.74, 6) is -0.451. The van der Waals surface area contributed by atoms with Crippen molar-refractivity contribution in [3.8, 4) is 16.9 Å². The van der Waals surface area contributed by atoms with Gasteiger partial charge in [-0.05, 0) is 105 Å². The fourth-order valence-corrected chi connectivity index (χ4v) is 9.65. The average molecular weight is 789 g/mol. The maximum Gasteiger partial charge on any atom is 0.251 e. The summed E-state index contributed by atoms with van der Waals surface area (Å²) in [6.07, 6.45) is 2.41. The van der Waals surface area contributed by atoms with Gasteiger partial charge in [0, 0.05) is 79.3 Å². The predicted molar refractivity (Wildman–Crippen MR) is 218 cm³/mol. The van der Waals surface area contributed by atoms with E-state index in [1.807, 2.05) is 68.3 Å². The molecule has 9 atom stereocenters. The zero-order valence-corrected chi connectivity index (χ0v) is 34.8. The zero-order chi connectivity index (χ0) is 41.3. The first-order valence-electron chi connectivity index (χ1n) is 20.1. The summed E-state index contributed by atoms with van der Waals surface area (Å²) in [6, 6.07) is 12.9. The summed E-state index contributed by atoms with van der Waals surface area (Å²) in [5, 5.41) is 29.2. The summed E-state index contributed by atoms with van der Waals surface area (Å²) in [6.45, 7) is 8.33. The number of likely N-dealkylation sites (N-methyl/N-ethyl adjacent to an activating group) is 1. The van der Waals surface area contributed by atoms with Crippen molar-refractivity contribution in [2.45, 2.75) is 83.8 Å². The van der Waals surface area contributed by atoms with Gasteiger partial charge in [0.15, 0.2) is 0 Å². The number of nitrogens with zero attached hydrogens (tertiary/aromatic N) is 4. The van der Waals surface area contributed by atoms with Crippen molar-refractivity contribution in [2.75, 3.05) is 53.4 Å². The van der Waals surface area contributed by atoms with Crippen LogP contribution in [-0.2, 0) is 22.6 Å². The molecule has 4 fully saturated rings. The third kappa shape index (κ3) is 8.83. The third-order valence-electron chi connectivity index (χ3n) is 12.9. The second-order valence-corrected chi connectivity index (χ2v) is 17.5. The Kier molecular flexibility index (Phi) is 12.9. The Bertz CT molecular complexity index is 1890. The molecule has 7 rings (SSSR count). The van der Waals surface area contributed by atoms with Gasteiger partial charge in [-0.3, -0.25) is 19.4 Å². The number of rotatable bonds is 15. The minimum atomic E-state index is -1.01. The number of nitrogens with one attached hydrogen (secondary N) is 2. The molecule has 1 aliphatic heterocycles. The molecule has 1 saturated heterocycles. The topological polar surface area (TPSA) is 140 Å². The highest BCUT2D eigenvalue weighted by molar-refractivity contribution is 5.97. The molecule has 57 heavy (non-hydrogen) atoms. The first-order chi connectivity index (χ1) is 27.0. The van der Waals surface area contributed by atoms with E-state index >= 15 is 4.39 Å². The number of methoxy groups -OCH3 is 1. The van der Waals surface area contributed by atoms with Gasteiger partial charge < -0.3 is 35.4 Å². The fraction of sp³-hybridized carbons (Fsp3) is 0.568. The molecule has 13 heteroatoms. The molecule has 3 aromatic rings. The van der Waals surface area contributed by atoms with Crippen molar-refractivity contribution in [1.82, 2.24) is 25.6 Å². The first kappa shape index (κ1) is 42.5. The fourth-order valence-electron chi connectivity index (χ4n) is 9.65. The Morgan fingerprint density at radius 3 is 2.47 bits per heavy atom. The smallest absolute Gasteiger partial charge is 0.251 e. The summed E-state index contributed by atoms with van der Waals surface area (Å²) in [7, 11) is 9.13. The van der Waals surface area contributed by atoms with E-state index in [1.54, 1.807) is 25.3 Å². The molecule has 2 heterocycles. The Morgan fingerprint density at radius 1 is 1.12 bits per heavy atom. The van der Waals surface area contributed by atoms with E-state index in [4.69, 9.17) is 9.57 Å². The molecule has 0 radical (unpaired) electrons. The Morgan fingerprint density at radius 2 is 1.88 bits per heavy atom. The highest BCUT2D eigenvalue weighted by atomic mass is 19.1. The molecule has 1 unspecified atom stereocenters. The maximum atomic E-state index is 16.1. The molecule has 2 aromatic carbocycles. The van der Waals surface area contributed by atoms with Gasteiger partial charge in [0.25, 0.3) is 5.91 Å². The van der Waals surface area contributed by atoms with Crippen LogP contribution in [0.15, 0.2) is 54.7 Å². The van der Waals surface area contributed by atoms with Crippen molar-refractivity contribution in [3.63, 3.8) is 0 Å². The zero-order valence-electron chi connectivity index (χ0n) is 34.8. The van der Waals surface area contributed by atoms with Gasteiger partial charge in [0.1, 0.15) is 23.7 Å². The molecule has 4 N–H and O–H groups in total. The number of fused-ring (bicyclic) bond motifs is 2. The molecule has 3 aliphatic carbocycles. The van der Waals surface area contributed by atoms with Gasteiger partial charge in [0.2, 0.25) is 5.91 Å². The van der Waals surface area contributed by atoms with E-state index in [-0.39, 0.29) is 53.1 Å². The largest absolute Gasteiger partial charge is 0.496 e. The van der Waals surface area contributed by atoms with Gasteiger partial charge >= 0.3 is 0 Å². The molecular weight excluding hydrogens is 728 g/mol. The summed E-state index contributed by atoms with van der Waals surface area (Å²) >= 11 is 0. The molecule has 0 spiro atoms. The number of anilines is 1. The van der Waals surface area contributed by atoms with E-state index in [0.717, 1.165) is 24.2 Å². The van der Waals surface area contributed by atoms with Crippen LogP contribution in [0, 0.1) is 34.9 Å². The van der Waals surface area contributed by atoms with Gasteiger partial charge in [-0.25, -0.2) is 4.39 Å². The van der Waals surface area contributed by atoms with Crippen LogP contribution >= 0.6 is 0 Å². The quantitative estimate of drug-likeness (QED) is 0.174. The SMILES string of the molecule is COc1c(-c2cc(C(=O)NC(Cc3ccccn3)CN(C)C)cc(N(C)C)c2)ccc(F)c1CN1O[C@@H](CO)[C@@H]([C@H](C)O)[C@H]1C(=O)N[C@H]1C[C@H]2C[C@@H]([C@@H]1C)C2(C)C. The minimum absolute atomic E-state index is 0.0444. The Labute approximate surface area is 336 Å². The van der Waals surface area contributed by atoms with Crippen LogP contribution in [0.5, 0.6) is 5.75 Å². The molecule has 2 amide bonds. The number of hydroxylamine groups is 2. The molecule has 2 bridgehead atoms. The number of pyridine rings is 1. The van der Waals surface area contributed by atoms with Crippen molar-refractivity contribution in [2.24, 2.45) is 29.1 Å². The lowest BCUT2D eigenvalue weighted by molar-refractivity contribution is -0.183.